The Bertz CT molecular complexity index is 383. The summed E-state index contributed by atoms with van der Waals surface area (Å²) in [5, 5.41) is 0. The molecule has 0 fully saturated rings. The van der Waals surface area contributed by atoms with Crippen molar-refractivity contribution >= 4 is 12.6 Å². The number of ether oxygens (including phenoxy) is 3. The van der Waals surface area contributed by atoms with Gasteiger partial charge in [0, 0.05) is 10.8 Å². The highest BCUT2D eigenvalue weighted by atomic mass is 32.1. The molecule has 0 unspecified atom stereocenters. The monoisotopic (exact) mass is 256 g/mol. The fraction of sp³-hybridized carbons (Fsp3) is 0.538. The minimum atomic E-state index is -0.104. The molecule has 0 radical (unpaired) electrons. The van der Waals surface area contributed by atoms with Crippen LogP contribution in [0.5, 0.6) is 17.2 Å². The second-order valence-corrected chi connectivity index (χ2v) is 5.72. The first-order valence-corrected chi connectivity index (χ1v) is 5.87. The lowest BCUT2D eigenvalue weighted by Gasteiger charge is -2.20. The number of hydrogen-bond donors (Lipinski definition) is 1. The van der Waals surface area contributed by atoms with Gasteiger partial charge in [-0.05, 0) is 18.1 Å². The molecule has 0 aromatic heterocycles. The average Bonchev–Trinajstić information content (AvgIpc) is 2.26. The third-order valence-electron chi connectivity index (χ3n) is 2.41. The molecule has 0 aliphatic heterocycles. The van der Waals surface area contributed by atoms with Crippen LogP contribution < -0.4 is 14.2 Å². The summed E-state index contributed by atoms with van der Waals surface area (Å²) in [6, 6.07) is 3.78. The van der Waals surface area contributed by atoms with E-state index in [1.807, 2.05) is 12.1 Å². The molecule has 0 atom stereocenters. The fourth-order valence-electron chi connectivity index (χ4n) is 1.70. The number of benzene rings is 1. The van der Waals surface area contributed by atoms with Crippen molar-refractivity contribution in [3.8, 4) is 17.2 Å². The van der Waals surface area contributed by atoms with E-state index in [0.29, 0.717) is 11.5 Å². The molecule has 0 N–H and O–H groups in total. The van der Waals surface area contributed by atoms with Crippen LogP contribution in [0.4, 0.5) is 0 Å². The van der Waals surface area contributed by atoms with Crippen LogP contribution in [0.15, 0.2) is 12.1 Å². The van der Waals surface area contributed by atoms with Crippen LogP contribution in [-0.4, -0.2) is 26.1 Å². The van der Waals surface area contributed by atoms with Gasteiger partial charge in [-0.25, -0.2) is 0 Å². The highest BCUT2D eigenvalue weighted by Gasteiger charge is 2.18. The molecule has 0 amide bonds. The van der Waals surface area contributed by atoms with E-state index < -0.39 is 0 Å². The summed E-state index contributed by atoms with van der Waals surface area (Å²) in [5.41, 5.74) is 1.06. The topological polar surface area (TPSA) is 27.7 Å². The molecular weight excluding hydrogens is 236 g/mol. The van der Waals surface area contributed by atoms with Crippen molar-refractivity contribution in [3.05, 3.63) is 17.7 Å². The largest absolute Gasteiger partial charge is 0.496 e. The van der Waals surface area contributed by atoms with Crippen LogP contribution >= 0.6 is 12.6 Å². The molecule has 3 nitrogen and oxygen atoms in total. The second-order valence-electron chi connectivity index (χ2n) is 4.51. The van der Waals surface area contributed by atoms with Gasteiger partial charge in [0.1, 0.15) is 5.75 Å². The SMILES string of the molecule is COc1cc(OC)c(OC)cc1CC(C)(C)S. The molecule has 0 aliphatic rings. The zero-order valence-electron chi connectivity index (χ0n) is 11.0. The van der Waals surface area contributed by atoms with E-state index >= 15 is 0 Å². The predicted octanol–water partition coefficient (Wildman–Crippen LogP) is 2.96. The number of thiol groups is 1. The van der Waals surface area contributed by atoms with Gasteiger partial charge in [-0.15, -0.1) is 0 Å². The number of rotatable bonds is 5. The molecule has 0 saturated carbocycles. The van der Waals surface area contributed by atoms with Crippen molar-refractivity contribution in [1.29, 1.82) is 0 Å². The van der Waals surface area contributed by atoms with Crippen molar-refractivity contribution in [2.24, 2.45) is 0 Å². The van der Waals surface area contributed by atoms with Crippen molar-refractivity contribution in [3.63, 3.8) is 0 Å². The Morgan fingerprint density at radius 2 is 1.41 bits per heavy atom. The van der Waals surface area contributed by atoms with Crippen molar-refractivity contribution in [2.45, 2.75) is 25.0 Å². The Balaban J connectivity index is 3.19. The van der Waals surface area contributed by atoms with Gasteiger partial charge in [0.25, 0.3) is 0 Å². The van der Waals surface area contributed by atoms with Gasteiger partial charge in [-0.1, -0.05) is 13.8 Å². The van der Waals surface area contributed by atoms with E-state index in [-0.39, 0.29) is 4.75 Å². The van der Waals surface area contributed by atoms with Crippen molar-refractivity contribution in [1.82, 2.24) is 0 Å². The van der Waals surface area contributed by atoms with E-state index in [1.54, 1.807) is 21.3 Å². The Hall–Kier alpha value is -1.03. The summed E-state index contributed by atoms with van der Waals surface area (Å²) in [7, 11) is 4.88. The zero-order valence-corrected chi connectivity index (χ0v) is 11.9. The molecule has 0 aliphatic carbocycles. The molecule has 17 heavy (non-hydrogen) atoms. The Morgan fingerprint density at radius 3 is 1.82 bits per heavy atom. The van der Waals surface area contributed by atoms with Gasteiger partial charge in [0.05, 0.1) is 21.3 Å². The molecule has 4 heteroatoms. The standard InChI is InChI=1S/C13H20O3S/c1-13(2,17)8-9-6-11(15-4)12(16-5)7-10(9)14-3/h6-7,17H,8H2,1-5H3. The van der Waals surface area contributed by atoms with Crippen LogP contribution in [0.2, 0.25) is 0 Å². The maximum absolute atomic E-state index is 5.36. The van der Waals surface area contributed by atoms with Gasteiger partial charge >= 0.3 is 0 Å². The molecule has 1 aromatic carbocycles. The average molecular weight is 256 g/mol. The Morgan fingerprint density at radius 1 is 0.941 bits per heavy atom. The number of hydrogen-bond acceptors (Lipinski definition) is 4. The minimum absolute atomic E-state index is 0.104. The number of methoxy groups -OCH3 is 3. The highest BCUT2D eigenvalue weighted by Crippen LogP contribution is 2.36. The first kappa shape index (κ1) is 14.0. The van der Waals surface area contributed by atoms with Crippen LogP contribution in [0.25, 0.3) is 0 Å². The van der Waals surface area contributed by atoms with Crippen molar-refractivity contribution < 1.29 is 14.2 Å². The lowest BCUT2D eigenvalue weighted by Crippen LogP contribution is -2.15. The first-order valence-electron chi connectivity index (χ1n) is 5.42. The van der Waals surface area contributed by atoms with E-state index in [4.69, 9.17) is 14.2 Å². The summed E-state index contributed by atoms with van der Waals surface area (Å²) in [6.45, 7) is 4.12. The first-order chi connectivity index (χ1) is 7.91. The summed E-state index contributed by atoms with van der Waals surface area (Å²) in [5.74, 6) is 2.18. The molecule has 0 saturated heterocycles. The predicted molar refractivity (Wildman–Crippen MR) is 72.9 cm³/mol. The quantitative estimate of drug-likeness (QED) is 0.821. The maximum Gasteiger partial charge on any atom is 0.164 e. The summed E-state index contributed by atoms with van der Waals surface area (Å²) >= 11 is 4.54. The second kappa shape index (κ2) is 5.54. The van der Waals surface area contributed by atoms with Crippen molar-refractivity contribution in [2.75, 3.05) is 21.3 Å². The van der Waals surface area contributed by atoms with Gasteiger partial charge in [-0.3, -0.25) is 0 Å². The van der Waals surface area contributed by atoms with Gasteiger partial charge < -0.3 is 14.2 Å². The van der Waals surface area contributed by atoms with Gasteiger partial charge in [0.2, 0.25) is 0 Å². The molecule has 0 spiro atoms. The van der Waals surface area contributed by atoms with Gasteiger partial charge in [0.15, 0.2) is 11.5 Å². The van der Waals surface area contributed by atoms with Crippen LogP contribution in [0.3, 0.4) is 0 Å². The third-order valence-corrected chi connectivity index (χ3v) is 2.57. The lowest BCUT2D eigenvalue weighted by atomic mass is 10.0. The molecule has 0 heterocycles. The third kappa shape index (κ3) is 3.73. The molecule has 0 bridgehead atoms. The Kier molecular flexibility index (Phi) is 4.57. The van der Waals surface area contributed by atoms with E-state index in [0.717, 1.165) is 17.7 Å². The van der Waals surface area contributed by atoms with Gasteiger partial charge in [-0.2, -0.15) is 12.6 Å². The highest BCUT2D eigenvalue weighted by molar-refractivity contribution is 7.81. The molecular formula is C13H20O3S. The van der Waals surface area contributed by atoms with E-state index in [2.05, 4.69) is 26.5 Å². The zero-order chi connectivity index (χ0) is 13.1. The summed E-state index contributed by atoms with van der Waals surface area (Å²) in [4.78, 5) is 0. The van der Waals surface area contributed by atoms with Crippen LogP contribution in [0, 0.1) is 0 Å². The summed E-state index contributed by atoms with van der Waals surface area (Å²) < 4.78 is 15.8. The van der Waals surface area contributed by atoms with E-state index in [1.165, 1.54) is 0 Å². The van der Waals surface area contributed by atoms with E-state index in [9.17, 15) is 0 Å². The molecule has 1 rings (SSSR count). The Labute approximate surface area is 108 Å². The normalized spacial score (nSPS) is 11.2. The van der Waals surface area contributed by atoms with Crippen LogP contribution in [-0.2, 0) is 6.42 Å². The maximum atomic E-state index is 5.36. The molecule has 96 valence electrons. The smallest absolute Gasteiger partial charge is 0.164 e. The fourth-order valence-corrected chi connectivity index (χ4v) is 1.87. The molecule has 1 aromatic rings. The summed E-state index contributed by atoms with van der Waals surface area (Å²) in [6.07, 6.45) is 0.791. The minimum Gasteiger partial charge on any atom is -0.496 e. The lowest BCUT2D eigenvalue weighted by molar-refractivity contribution is 0.347. The van der Waals surface area contributed by atoms with Crippen LogP contribution in [0.1, 0.15) is 19.4 Å².